The number of nitrogens with one attached hydrogen (secondary N) is 4. The molecule has 73 heavy (non-hydrogen) atoms. The average Bonchev–Trinajstić information content (AvgIpc) is 4.27. The summed E-state index contributed by atoms with van der Waals surface area (Å²) in [6, 6.07) is 15.3. The Bertz CT molecular complexity index is 2820. The fourth-order valence-corrected chi connectivity index (χ4v) is 8.71. The van der Waals surface area contributed by atoms with Gasteiger partial charge in [0.05, 0.1) is 74.4 Å². The highest BCUT2D eigenvalue weighted by Gasteiger charge is 2.42. The van der Waals surface area contributed by atoms with Crippen LogP contribution >= 0.6 is 0 Å². The number of carbonyl (C=O) groups is 5. The lowest BCUT2D eigenvalue weighted by Gasteiger charge is -2.29. The molecule has 5 atom stereocenters. The molecule has 0 radical (unpaired) electrons. The van der Waals surface area contributed by atoms with E-state index in [1.165, 1.54) is 20.4 Å². The second-order valence-corrected chi connectivity index (χ2v) is 18.2. The Kier molecular flexibility index (Phi) is 17.4. The number of imidazole rings is 2. The summed E-state index contributed by atoms with van der Waals surface area (Å²) < 4.78 is 17.3. The van der Waals surface area contributed by atoms with Crippen molar-refractivity contribution in [3.8, 4) is 33.6 Å². The van der Waals surface area contributed by atoms with E-state index in [2.05, 4.69) is 91.7 Å². The van der Waals surface area contributed by atoms with E-state index >= 15 is 0 Å². The molecule has 24 heteroatoms. The van der Waals surface area contributed by atoms with E-state index in [0.29, 0.717) is 56.9 Å². The standard InChI is InChI=1S/C34H37N9O5.C15H23N5O5/c1-21(2)29(18-47-48-19-35)34(45)42-16-28(43-15-27(40-41-43)17-46-20-44)12-32(42)33-37-14-31(39-33)26-10-6-24(7-11-26)23-4-8-25(9-5-23)30-13-36-22(3)38-30;1-9(2)12(16-15(23)25-4)13(21)19-6-5-10(7-19)20-8-11(17-18-20)14(22)24-3/h4-11,13-15,19-21,28-29,32,35H,12,16-18H2,1-3H3,(H,36,38)(H,37,39);8-10,12H,5-7H2,1-4H3,(H,16,23)/t28-,29-,32-;10-,12-/m00/s1. The number of aryl methyl sites for hydroxylation is 1. The molecule has 4 N–H and O–H groups in total. The van der Waals surface area contributed by atoms with Crippen LogP contribution in [-0.2, 0) is 45.0 Å². The van der Waals surface area contributed by atoms with Crippen LogP contribution in [0.15, 0.2) is 73.3 Å². The molecule has 0 aliphatic carbocycles. The first kappa shape index (κ1) is 52.5. The first-order chi connectivity index (χ1) is 35.2. The van der Waals surface area contributed by atoms with Crippen LogP contribution in [0.1, 0.15) is 86.5 Å². The fourth-order valence-electron chi connectivity index (χ4n) is 8.71. The van der Waals surface area contributed by atoms with Gasteiger partial charge in [-0.1, -0.05) is 86.7 Å². The number of ether oxygens (including phenoxy) is 3. The van der Waals surface area contributed by atoms with Gasteiger partial charge < -0.3 is 44.2 Å². The third kappa shape index (κ3) is 12.8. The van der Waals surface area contributed by atoms with Crippen molar-refractivity contribution in [2.75, 3.05) is 40.5 Å². The molecule has 6 heterocycles. The molecule has 0 spiro atoms. The van der Waals surface area contributed by atoms with E-state index in [1.807, 2.05) is 52.9 Å². The minimum atomic E-state index is -0.660. The Morgan fingerprint density at radius 2 is 1.45 bits per heavy atom. The van der Waals surface area contributed by atoms with E-state index in [0.717, 1.165) is 39.5 Å². The zero-order valence-electron chi connectivity index (χ0n) is 41.6. The van der Waals surface area contributed by atoms with Gasteiger partial charge in [-0.2, -0.15) is 4.89 Å². The van der Waals surface area contributed by atoms with Crippen LogP contribution in [0.5, 0.6) is 0 Å². The number of carbonyl (C=O) groups excluding carboxylic acids is 5. The molecule has 24 nitrogen and oxygen atoms in total. The molecule has 0 saturated carbocycles. The highest BCUT2D eigenvalue weighted by Crippen LogP contribution is 2.39. The smallest absolute Gasteiger partial charge is 0.407 e. The fraction of sp³-hybridized carbons (Fsp3) is 0.429. The molecule has 2 saturated heterocycles. The molecule has 3 amide bonds. The maximum atomic E-state index is 14.0. The Morgan fingerprint density at radius 3 is 2.05 bits per heavy atom. The van der Waals surface area contributed by atoms with Gasteiger partial charge in [-0.15, -0.1) is 10.2 Å². The molecule has 2 aromatic carbocycles. The number of benzene rings is 2. The SMILES string of the molecule is COC(=O)N[C@H](C(=O)N1CC[C@H](n2cc(C(=O)OC)nn2)C1)C(C)C.Cc1ncc(-c2ccc(-c3ccc(-c4cnc([C@@H]5C[C@H](n6cc(COC=O)nn6)CN5C(=O)[C@@H](COOC=N)C(C)C)[nH]4)cc3)cc2)[nH]1. The van der Waals surface area contributed by atoms with Crippen molar-refractivity contribution in [1.82, 2.24) is 65.0 Å². The second kappa shape index (κ2) is 24.2. The molecule has 2 fully saturated rings. The van der Waals surface area contributed by atoms with Gasteiger partial charge in [0, 0.05) is 19.6 Å². The van der Waals surface area contributed by atoms with Gasteiger partial charge in [0.25, 0.3) is 6.47 Å². The maximum absolute atomic E-state index is 14.0. The molecule has 386 valence electrons. The van der Waals surface area contributed by atoms with Gasteiger partial charge in [0.15, 0.2) is 5.69 Å². The van der Waals surface area contributed by atoms with Crippen molar-refractivity contribution in [3.05, 3.63) is 96.4 Å². The number of alkyl carbamates (subject to hydrolysis) is 1. The molecule has 8 rings (SSSR count). The number of methoxy groups -OCH3 is 2. The van der Waals surface area contributed by atoms with Crippen molar-refractivity contribution < 1.29 is 48.0 Å². The van der Waals surface area contributed by atoms with Gasteiger partial charge >= 0.3 is 12.1 Å². The average molecular weight is 1010 g/mol. The van der Waals surface area contributed by atoms with Crippen LogP contribution in [-0.4, -0.2) is 143 Å². The van der Waals surface area contributed by atoms with E-state index in [9.17, 15) is 24.0 Å². The Morgan fingerprint density at radius 1 is 0.808 bits per heavy atom. The van der Waals surface area contributed by atoms with Crippen molar-refractivity contribution in [2.24, 2.45) is 17.8 Å². The molecule has 0 bridgehead atoms. The zero-order valence-corrected chi connectivity index (χ0v) is 41.6. The summed E-state index contributed by atoms with van der Waals surface area (Å²) in [7, 11) is 2.53. The summed E-state index contributed by atoms with van der Waals surface area (Å²) in [5.74, 6) is 0.0354. The van der Waals surface area contributed by atoms with Crippen LogP contribution in [0.3, 0.4) is 0 Å². The summed E-state index contributed by atoms with van der Waals surface area (Å²) >= 11 is 0. The van der Waals surface area contributed by atoms with E-state index in [4.69, 9.17) is 20.0 Å². The quantitative estimate of drug-likeness (QED) is 0.0117. The number of H-pyrrole nitrogens is 2. The number of rotatable bonds is 19. The van der Waals surface area contributed by atoms with Gasteiger partial charge in [-0.05, 0) is 53.9 Å². The lowest BCUT2D eigenvalue weighted by molar-refractivity contribution is -0.229. The maximum Gasteiger partial charge on any atom is 0.407 e. The number of likely N-dealkylation sites (tertiary alicyclic amines) is 2. The molecule has 4 aromatic heterocycles. The van der Waals surface area contributed by atoms with Gasteiger partial charge in [0.2, 0.25) is 18.2 Å². The highest BCUT2D eigenvalue weighted by molar-refractivity contribution is 5.87. The number of amides is 3. The lowest BCUT2D eigenvalue weighted by atomic mass is 9.95. The Labute approximate surface area is 420 Å². The largest absolute Gasteiger partial charge is 0.464 e. The van der Waals surface area contributed by atoms with E-state index in [-0.39, 0.29) is 60.7 Å². The van der Waals surface area contributed by atoms with Crippen LogP contribution in [0.25, 0.3) is 33.6 Å². The molecule has 2 aliphatic heterocycles. The Hall–Kier alpha value is -8.28. The highest BCUT2D eigenvalue weighted by atomic mass is 17.2. The monoisotopic (exact) mass is 1000 g/mol. The van der Waals surface area contributed by atoms with Gasteiger partial charge in [-0.3, -0.25) is 19.8 Å². The number of hydrogen-bond donors (Lipinski definition) is 4. The minimum Gasteiger partial charge on any atom is -0.464 e. The van der Waals surface area contributed by atoms with Crippen LogP contribution in [0.4, 0.5) is 4.79 Å². The van der Waals surface area contributed by atoms with Crippen molar-refractivity contribution in [2.45, 2.75) is 78.2 Å². The number of aromatic amines is 2. The molecule has 2 aliphatic rings. The van der Waals surface area contributed by atoms with Crippen molar-refractivity contribution >= 4 is 36.7 Å². The molecule has 0 unspecified atom stereocenters. The summed E-state index contributed by atoms with van der Waals surface area (Å²) in [4.78, 5) is 89.3. The number of nitrogens with zero attached hydrogens (tertiary/aromatic N) is 10. The summed E-state index contributed by atoms with van der Waals surface area (Å²) in [5, 5.41) is 25.7. The Balaban J connectivity index is 0.000000263. The third-order valence-electron chi connectivity index (χ3n) is 12.8. The number of hydrogen-bond acceptors (Lipinski definition) is 17. The van der Waals surface area contributed by atoms with Crippen LogP contribution in [0.2, 0.25) is 0 Å². The molecular formula is C49H60N14O10. The van der Waals surface area contributed by atoms with E-state index in [1.54, 1.807) is 31.6 Å². The third-order valence-corrected chi connectivity index (χ3v) is 12.8. The number of aromatic nitrogens is 10. The first-order valence-corrected chi connectivity index (χ1v) is 23.7. The van der Waals surface area contributed by atoms with E-state index < -0.39 is 24.0 Å². The topological polar surface area (TPSA) is 293 Å². The predicted molar refractivity (Wildman–Crippen MR) is 261 cm³/mol. The van der Waals surface area contributed by atoms with Crippen LogP contribution in [0, 0.1) is 30.1 Å². The minimum absolute atomic E-state index is 0.00239. The lowest BCUT2D eigenvalue weighted by Crippen LogP contribution is -2.50. The molecular weight excluding hydrogens is 945 g/mol. The first-order valence-electron chi connectivity index (χ1n) is 23.7. The molecule has 6 aromatic rings. The zero-order chi connectivity index (χ0) is 52.2. The van der Waals surface area contributed by atoms with Crippen molar-refractivity contribution in [1.29, 1.82) is 5.41 Å². The predicted octanol–water partition coefficient (Wildman–Crippen LogP) is 5.27. The summed E-state index contributed by atoms with van der Waals surface area (Å²) in [6.07, 6.45) is 8.11. The number of esters is 1. The second-order valence-electron chi connectivity index (χ2n) is 18.2. The van der Waals surface area contributed by atoms with Gasteiger partial charge in [-0.25, -0.2) is 28.9 Å². The summed E-state index contributed by atoms with van der Waals surface area (Å²) in [6.45, 7) is 11.2. The normalized spacial score (nSPS) is 17.1. The van der Waals surface area contributed by atoms with Crippen LogP contribution < -0.4 is 5.32 Å². The summed E-state index contributed by atoms with van der Waals surface area (Å²) in [5.41, 5.74) is 6.66. The van der Waals surface area contributed by atoms with Gasteiger partial charge in [0.1, 0.15) is 36.6 Å². The van der Waals surface area contributed by atoms with Crippen molar-refractivity contribution in [3.63, 3.8) is 0 Å².